The number of amides is 1. The SMILES string of the molecule is C/C(F)=C/c1ccc(C(=O)NCc2cc3nc(-c4cccc(N5C[C@@H](C)O[C@@H](C)C5)n4)ccc3cn2)cc1S(C)(=O)=O. The summed E-state index contributed by atoms with van der Waals surface area (Å²) in [7, 11) is -3.69. The number of halogens is 1. The molecule has 1 aliphatic rings. The molecule has 0 aliphatic carbocycles. The number of aromatic nitrogens is 3. The Morgan fingerprint density at radius 1 is 1.07 bits per heavy atom. The van der Waals surface area contributed by atoms with E-state index in [1.165, 1.54) is 25.1 Å². The average Bonchev–Trinajstić information content (AvgIpc) is 2.94. The van der Waals surface area contributed by atoms with Crippen molar-refractivity contribution in [2.24, 2.45) is 0 Å². The Bertz CT molecular complexity index is 1780. The van der Waals surface area contributed by atoms with E-state index in [1.807, 2.05) is 30.3 Å². The van der Waals surface area contributed by atoms with Crippen LogP contribution in [0, 0.1) is 0 Å². The van der Waals surface area contributed by atoms with Gasteiger partial charge in [0.2, 0.25) is 0 Å². The first kappa shape index (κ1) is 29.3. The Morgan fingerprint density at radius 3 is 2.52 bits per heavy atom. The molecule has 5 rings (SSSR count). The molecular weight excluding hydrogens is 557 g/mol. The van der Waals surface area contributed by atoms with Gasteiger partial charge in [-0.05, 0) is 74.9 Å². The van der Waals surface area contributed by atoms with Crippen LogP contribution in [0.5, 0.6) is 0 Å². The Kier molecular flexibility index (Phi) is 8.33. The number of nitrogens with zero attached hydrogens (tertiary/aromatic N) is 4. The van der Waals surface area contributed by atoms with Gasteiger partial charge in [0.1, 0.15) is 5.82 Å². The Labute approximate surface area is 244 Å². The molecule has 0 saturated carbocycles. The second-order valence-electron chi connectivity index (χ2n) is 10.5. The Balaban J connectivity index is 1.34. The maximum atomic E-state index is 13.4. The molecule has 1 amide bonds. The maximum absolute atomic E-state index is 13.4. The van der Waals surface area contributed by atoms with Gasteiger partial charge >= 0.3 is 0 Å². The first-order valence-electron chi connectivity index (χ1n) is 13.6. The monoisotopic (exact) mass is 589 g/mol. The molecule has 218 valence electrons. The van der Waals surface area contributed by atoms with Gasteiger partial charge < -0.3 is 15.0 Å². The molecule has 42 heavy (non-hydrogen) atoms. The lowest BCUT2D eigenvalue weighted by molar-refractivity contribution is -0.00545. The summed E-state index contributed by atoms with van der Waals surface area (Å²) in [5.74, 6) is -0.151. The van der Waals surface area contributed by atoms with Crippen LogP contribution >= 0.6 is 0 Å². The topological polar surface area (TPSA) is 114 Å². The van der Waals surface area contributed by atoms with E-state index in [0.717, 1.165) is 42.3 Å². The lowest BCUT2D eigenvalue weighted by atomic mass is 10.1. The third kappa shape index (κ3) is 6.80. The van der Waals surface area contributed by atoms with Crippen LogP contribution in [0.15, 0.2) is 71.5 Å². The fraction of sp³-hybridized carbons (Fsp3) is 0.290. The van der Waals surface area contributed by atoms with Gasteiger partial charge in [0.15, 0.2) is 9.84 Å². The lowest BCUT2D eigenvalue weighted by Crippen LogP contribution is -2.45. The highest BCUT2D eigenvalue weighted by Crippen LogP contribution is 2.25. The Morgan fingerprint density at radius 2 is 1.81 bits per heavy atom. The number of pyridine rings is 3. The first-order chi connectivity index (χ1) is 20.0. The zero-order valence-electron chi connectivity index (χ0n) is 23.8. The number of hydrogen-bond acceptors (Lipinski definition) is 8. The molecule has 3 aromatic heterocycles. The molecule has 0 bridgehead atoms. The summed E-state index contributed by atoms with van der Waals surface area (Å²) < 4.78 is 43.8. The number of ether oxygens (including phenoxy) is 1. The quantitative estimate of drug-likeness (QED) is 0.322. The molecular formula is C31H32FN5O4S. The summed E-state index contributed by atoms with van der Waals surface area (Å²) in [6.45, 7) is 6.96. The van der Waals surface area contributed by atoms with Crippen LogP contribution in [0.1, 0.15) is 42.4 Å². The fourth-order valence-electron chi connectivity index (χ4n) is 5.01. The van der Waals surface area contributed by atoms with Gasteiger partial charge in [-0.3, -0.25) is 9.78 Å². The number of morpholine rings is 1. The van der Waals surface area contributed by atoms with E-state index in [9.17, 15) is 17.6 Å². The standard InChI is InChI=1S/C31H32FN5O4S/c1-19(32)12-22-8-9-23(13-29(22)42(4,39)40)31(38)34-16-25-14-28-24(15-33-25)10-11-27(35-28)26-6-5-7-30(36-26)37-17-20(2)41-21(3)18-37/h5-15,20-21H,16-18H2,1-4H3,(H,34,38)/b19-12-/t20-,21+. The van der Waals surface area contributed by atoms with Crippen molar-refractivity contribution in [1.82, 2.24) is 20.3 Å². The van der Waals surface area contributed by atoms with Crippen LogP contribution in [0.4, 0.5) is 10.2 Å². The summed E-state index contributed by atoms with van der Waals surface area (Å²) in [5, 5.41) is 3.61. The second-order valence-corrected chi connectivity index (χ2v) is 12.5. The third-order valence-corrected chi connectivity index (χ3v) is 7.98. The summed E-state index contributed by atoms with van der Waals surface area (Å²) in [6.07, 6.45) is 4.07. The minimum atomic E-state index is -3.69. The van der Waals surface area contributed by atoms with E-state index in [-0.39, 0.29) is 34.8 Å². The van der Waals surface area contributed by atoms with Crippen LogP contribution in [0.3, 0.4) is 0 Å². The van der Waals surface area contributed by atoms with Crippen molar-refractivity contribution in [2.45, 2.75) is 44.4 Å². The van der Waals surface area contributed by atoms with E-state index in [2.05, 4.69) is 29.0 Å². The smallest absolute Gasteiger partial charge is 0.251 e. The van der Waals surface area contributed by atoms with Crippen LogP contribution in [0.25, 0.3) is 28.4 Å². The number of carbonyl (C=O) groups excluding carboxylic acids is 1. The number of anilines is 1. The number of carbonyl (C=O) groups is 1. The molecule has 0 radical (unpaired) electrons. The molecule has 2 atom stereocenters. The number of rotatable bonds is 7. The normalized spacial score (nSPS) is 17.8. The number of hydrogen-bond donors (Lipinski definition) is 1. The van der Waals surface area contributed by atoms with Gasteiger partial charge in [0.25, 0.3) is 5.91 Å². The highest BCUT2D eigenvalue weighted by Gasteiger charge is 2.23. The molecule has 11 heteroatoms. The fourth-order valence-corrected chi connectivity index (χ4v) is 5.90. The summed E-state index contributed by atoms with van der Waals surface area (Å²) in [5.41, 5.74) is 3.06. The number of fused-ring (bicyclic) bond motifs is 1. The minimum absolute atomic E-state index is 0.0985. The van der Waals surface area contributed by atoms with Crippen molar-refractivity contribution in [3.8, 4) is 11.4 Å². The molecule has 0 unspecified atom stereocenters. The second kappa shape index (κ2) is 11.9. The highest BCUT2D eigenvalue weighted by atomic mass is 32.2. The molecule has 4 heterocycles. The van der Waals surface area contributed by atoms with E-state index < -0.39 is 21.6 Å². The molecule has 1 N–H and O–H groups in total. The molecule has 9 nitrogen and oxygen atoms in total. The number of nitrogens with one attached hydrogen (secondary N) is 1. The number of sulfone groups is 1. The van der Waals surface area contributed by atoms with E-state index in [4.69, 9.17) is 14.7 Å². The molecule has 0 spiro atoms. The zero-order valence-corrected chi connectivity index (χ0v) is 24.7. The lowest BCUT2D eigenvalue weighted by Gasteiger charge is -2.36. The Hall–Kier alpha value is -4.22. The molecule has 1 aliphatic heterocycles. The number of benzene rings is 1. The third-order valence-electron chi connectivity index (χ3n) is 6.83. The van der Waals surface area contributed by atoms with Crippen molar-refractivity contribution in [3.05, 3.63) is 83.4 Å². The summed E-state index contributed by atoms with van der Waals surface area (Å²) >= 11 is 0. The van der Waals surface area contributed by atoms with Gasteiger partial charge in [-0.15, -0.1) is 0 Å². The average molecular weight is 590 g/mol. The van der Waals surface area contributed by atoms with Crippen molar-refractivity contribution in [3.63, 3.8) is 0 Å². The van der Waals surface area contributed by atoms with E-state index in [1.54, 1.807) is 12.3 Å². The predicted molar refractivity (Wildman–Crippen MR) is 160 cm³/mol. The largest absolute Gasteiger partial charge is 0.372 e. The first-order valence-corrected chi connectivity index (χ1v) is 15.4. The molecule has 4 aromatic rings. The van der Waals surface area contributed by atoms with Crippen LogP contribution in [-0.4, -0.2) is 60.8 Å². The summed E-state index contributed by atoms with van der Waals surface area (Å²) in [4.78, 5) is 29.1. The van der Waals surface area contributed by atoms with Crippen molar-refractivity contribution in [2.75, 3.05) is 24.2 Å². The van der Waals surface area contributed by atoms with Crippen molar-refractivity contribution < 1.29 is 22.3 Å². The van der Waals surface area contributed by atoms with Crippen LogP contribution < -0.4 is 10.2 Å². The molecule has 1 aromatic carbocycles. The van der Waals surface area contributed by atoms with Gasteiger partial charge in [0.05, 0.1) is 52.1 Å². The van der Waals surface area contributed by atoms with Crippen LogP contribution in [-0.2, 0) is 21.1 Å². The van der Waals surface area contributed by atoms with E-state index >= 15 is 0 Å². The minimum Gasteiger partial charge on any atom is -0.372 e. The van der Waals surface area contributed by atoms with Gasteiger partial charge in [-0.25, -0.2) is 22.8 Å². The molecule has 1 saturated heterocycles. The number of allylic oxidation sites excluding steroid dienone is 1. The van der Waals surface area contributed by atoms with Gasteiger partial charge in [0, 0.05) is 36.5 Å². The zero-order chi connectivity index (χ0) is 30.0. The maximum Gasteiger partial charge on any atom is 0.251 e. The van der Waals surface area contributed by atoms with E-state index in [0.29, 0.717) is 16.9 Å². The molecule has 1 fully saturated rings. The van der Waals surface area contributed by atoms with Crippen molar-refractivity contribution in [1.29, 1.82) is 0 Å². The van der Waals surface area contributed by atoms with Gasteiger partial charge in [-0.1, -0.05) is 12.1 Å². The van der Waals surface area contributed by atoms with Crippen LogP contribution in [0.2, 0.25) is 0 Å². The summed E-state index contributed by atoms with van der Waals surface area (Å²) in [6, 6.07) is 15.6. The highest BCUT2D eigenvalue weighted by molar-refractivity contribution is 7.90. The van der Waals surface area contributed by atoms with Crippen molar-refractivity contribution >= 4 is 38.5 Å². The predicted octanol–water partition coefficient (Wildman–Crippen LogP) is 4.97. The van der Waals surface area contributed by atoms with Gasteiger partial charge in [-0.2, -0.15) is 0 Å².